The first-order valence-corrected chi connectivity index (χ1v) is 10.9. The van der Waals surface area contributed by atoms with Crippen molar-refractivity contribution in [1.82, 2.24) is 9.47 Å². The van der Waals surface area contributed by atoms with Gasteiger partial charge in [-0.15, -0.1) is 11.8 Å². The number of carboxylic acids is 1. The van der Waals surface area contributed by atoms with Crippen molar-refractivity contribution in [3.8, 4) is 17.2 Å². The Morgan fingerprint density at radius 2 is 2.00 bits per heavy atom. The first-order valence-electron chi connectivity index (χ1n) is 9.78. The number of thioether (sulfide) groups is 1. The quantitative estimate of drug-likeness (QED) is 0.790. The number of rotatable bonds is 5. The van der Waals surface area contributed by atoms with E-state index in [2.05, 4.69) is 6.07 Å². The van der Waals surface area contributed by atoms with Crippen molar-refractivity contribution >= 4 is 23.6 Å². The third-order valence-electron chi connectivity index (χ3n) is 5.70. The summed E-state index contributed by atoms with van der Waals surface area (Å²) < 4.78 is 1.83. The molecule has 1 fully saturated rings. The van der Waals surface area contributed by atoms with Gasteiger partial charge >= 0.3 is 5.97 Å². The van der Waals surface area contributed by atoms with Crippen LogP contribution in [0.15, 0.2) is 41.2 Å². The Hall–Kier alpha value is -3.05. The molecule has 2 aliphatic rings. The Morgan fingerprint density at radius 1 is 1.17 bits per heavy atom. The van der Waals surface area contributed by atoms with Gasteiger partial charge in [-0.2, -0.15) is 5.26 Å². The van der Waals surface area contributed by atoms with E-state index in [1.807, 2.05) is 33.7 Å². The van der Waals surface area contributed by atoms with Gasteiger partial charge in [0.1, 0.15) is 0 Å². The highest BCUT2D eigenvalue weighted by molar-refractivity contribution is 8.00. The molecule has 0 radical (unpaired) electrons. The zero-order valence-corrected chi connectivity index (χ0v) is 17.1. The van der Waals surface area contributed by atoms with Crippen LogP contribution in [0, 0.1) is 17.2 Å². The topological polar surface area (TPSA) is 103 Å². The van der Waals surface area contributed by atoms with Crippen molar-refractivity contribution < 1.29 is 14.7 Å². The lowest BCUT2D eigenvalue weighted by Crippen LogP contribution is -2.49. The van der Waals surface area contributed by atoms with E-state index in [9.17, 15) is 19.6 Å². The number of fused-ring (bicyclic) bond motifs is 4. The summed E-state index contributed by atoms with van der Waals surface area (Å²) in [5, 5.41) is 18.0. The van der Waals surface area contributed by atoms with Crippen LogP contribution in [0.25, 0.3) is 11.1 Å². The highest BCUT2D eigenvalue weighted by atomic mass is 32.2. The monoisotopic (exact) mass is 423 g/mol. The van der Waals surface area contributed by atoms with Crippen molar-refractivity contribution in [3.05, 3.63) is 58.0 Å². The molecular formula is C22H21N3O4S. The van der Waals surface area contributed by atoms with E-state index in [0.717, 1.165) is 35.0 Å². The molecule has 1 N–H and O–H groups in total. The van der Waals surface area contributed by atoms with Crippen molar-refractivity contribution in [2.75, 3.05) is 24.6 Å². The third kappa shape index (κ3) is 3.98. The largest absolute Gasteiger partial charge is 0.481 e. The van der Waals surface area contributed by atoms with E-state index in [-0.39, 0.29) is 34.8 Å². The van der Waals surface area contributed by atoms with Gasteiger partial charge in [0.25, 0.3) is 5.56 Å². The minimum atomic E-state index is -0.930. The summed E-state index contributed by atoms with van der Waals surface area (Å²) in [6.45, 7) is 1.66. The van der Waals surface area contributed by atoms with Crippen LogP contribution in [0.5, 0.6) is 0 Å². The van der Waals surface area contributed by atoms with E-state index >= 15 is 0 Å². The molecule has 0 saturated carbocycles. The molecule has 2 unspecified atom stereocenters. The molecule has 4 rings (SSSR count). The number of carbonyl (C=O) groups excluding carboxylic acids is 1. The maximum Gasteiger partial charge on any atom is 0.313 e. The van der Waals surface area contributed by atoms with E-state index in [1.165, 1.54) is 0 Å². The minimum Gasteiger partial charge on any atom is -0.481 e. The predicted octanol–water partition coefficient (Wildman–Crippen LogP) is 2.15. The number of benzene rings is 1. The highest BCUT2D eigenvalue weighted by Crippen LogP contribution is 2.40. The molecule has 154 valence electrons. The van der Waals surface area contributed by atoms with Gasteiger partial charge in [0.05, 0.1) is 23.1 Å². The summed E-state index contributed by atoms with van der Waals surface area (Å²) in [4.78, 5) is 37.7. The Bertz CT molecular complexity index is 1100. The number of likely N-dealkylation sites (tertiary alicyclic amines) is 1. The van der Waals surface area contributed by atoms with Gasteiger partial charge in [0.2, 0.25) is 5.91 Å². The number of nitriles is 1. The lowest BCUT2D eigenvalue weighted by atomic mass is 9.80. The summed E-state index contributed by atoms with van der Waals surface area (Å²) in [5.74, 6) is -0.714. The molecule has 2 bridgehead atoms. The molecule has 0 aliphatic carbocycles. The van der Waals surface area contributed by atoms with Crippen LogP contribution < -0.4 is 5.56 Å². The highest BCUT2D eigenvalue weighted by Gasteiger charge is 2.37. The molecule has 1 amide bonds. The van der Waals surface area contributed by atoms with Gasteiger partial charge in [0, 0.05) is 42.9 Å². The number of pyridine rings is 1. The zero-order chi connectivity index (χ0) is 21.3. The van der Waals surface area contributed by atoms with Crippen LogP contribution in [-0.2, 0) is 16.1 Å². The number of carboxylic acid groups (broad SMARTS) is 1. The molecule has 2 aromatic rings. The second kappa shape index (κ2) is 8.36. The standard InChI is InChI=1S/C22H21N3O4S/c23-8-14-2-1-3-16(6-14)18-4-5-19(26)25-10-15-7-17(22(18)25)11-24(9-15)20(27)12-30-13-21(28)29/h1-6,15,17H,7,9-13H2,(H,28,29). The Balaban J connectivity index is 1.65. The first-order chi connectivity index (χ1) is 14.5. The molecule has 0 spiro atoms. The molecule has 30 heavy (non-hydrogen) atoms. The van der Waals surface area contributed by atoms with E-state index in [1.54, 1.807) is 12.1 Å². The summed E-state index contributed by atoms with van der Waals surface area (Å²) >= 11 is 1.11. The molecule has 1 aromatic carbocycles. The Morgan fingerprint density at radius 3 is 2.77 bits per heavy atom. The lowest BCUT2D eigenvalue weighted by Gasteiger charge is -2.43. The first kappa shape index (κ1) is 20.2. The number of hydrogen-bond acceptors (Lipinski definition) is 5. The van der Waals surface area contributed by atoms with Crippen LogP contribution in [0.1, 0.15) is 23.6 Å². The average Bonchev–Trinajstić information content (AvgIpc) is 2.74. The molecule has 1 saturated heterocycles. The van der Waals surface area contributed by atoms with Crippen LogP contribution in [0.3, 0.4) is 0 Å². The average molecular weight is 423 g/mol. The number of carbonyl (C=O) groups is 2. The van der Waals surface area contributed by atoms with Gasteiger partial charge in [0.15, 0.2) is 0 Å². The number of aliphatic carboxylic acids is 1. The van der Waals surface area contributed by atoms with Gasteiger partial charge in [-0.3, -0.25) is 14.4 Å². The van der Waals surface area contributed by atoms with Crippen molar-refractivity contribution in [2.24, 2.45) is 5.92 Å². The van der Waals surface area contributed by atoms with Crippen LogP contribution >= 0.6 is 11.8 Å². The lowest BCUT2D eigenvalue weighted by molar-refractivity contribution is -0.133. The zero-order valence-electron chi connectivity index (χ0n) is 16.3. The number of amides is 1. The number of hydrogen-bond donors (Lipinski definition) is 1. The van der Waals surface area contributed by atoms with Crippen molar-refractivity contribution in [3.63, 3.8) is 0 Å². The fourth-order valence-corrected chi connectivity index (χ4v) is 5.17. The molecule has 1 aromatic heterocycles. The minimum absolute atomic E-state index is 0.0283. The van der Waals surface area contributed by atoms with Gasteiger partial charge in [-0.1, -0.05) is 12.1 Å². The maximum absolute atomic E-state index is 12.6. The van der Waals surface area contributed by atoms with Crippen molar-refractivity contribution in [1.29, 1.82) is 5.26 Å². The second-order valence-electron chi connectivity index (χ2n) is 7.76. The number of aromatic nitrogens is 1. The summed E-state index contributed by atoms with van der Waals surface area (Å²) in [5.41, 5.74) is 3.24. The van der Waals surface area contributed by atoms with Gasteiger partial charge in [-0.25, -0.2) is 0 Å². The number of piperidine rings is 1. The fraction of sp³-hybridized carbons (Fsp3) is 0.364. The molecule has 8 heteroatoms. The molecule has 3 heterocycles. The summed E-state index contributed by atoms with van der Waals surface area (Å²) in [6.07, 6.45) is 0.903. The van der Waals surface area contributed by atoms with Crippen molar-refractivity contribution in [2.45, 2.75) is 18.9 Å². The van der Waals surface area contributed by atoms with E-state index < -0.39 is 5.97 Å². The smallest absolute Gasteiger partial charge is 0.313 e. The molecule has 2 atom stereocenters. The predicted molar refractivity (Wildman–Crippen MR) is 113 cm³/mol. The Labute approximate surface area is 177 Å². The van der Waals surface area contributed by atoms with Gasteiger partial charge in [-0.05, 0) is 36.1 Å². The second-order valence-corrected chi connectivity index (χ2v) is 8.74. The fourth-order valence-electron chi connectivity index (χ4n) is 4.54. The SMILES string of the molecule is N#Cc1cccc(-c2ccc(=O)n3c2C2CC(CN(C(=O)CSCC(=O)O)C2)C3)c1. The Kier molecular flexibility index (Phi) is 5.64. The summed E-state index contributed by atoms with van der Waals surface area (Å²) in [6, 6.07) is 12.9. The van der Waals surface area contributed by atoms with Crippen LogP contribution in [0.4, 0.5) is 0 Å². The molecule has 2 aliphatic heterocycles. The molecular weight excluding hydrogens is 402 g/mol. The van der Waals surface area contributed by atoms with Gasteiger partial charge < -0.3 is 14.6 Å². The normalized spacial score (nSPS) is 19.6. The van der Waals surface area contributed by atoms with Crippen LogP contribution in [-0.4, -0.2) is 51.0 Å². The molecule has 7 nitrogen and oxygen atoms in total. The maximum atomic E-state index is 12.6. The van der Waals surface area contributed by atoms with E-state index in [4.69, 9.17) is 5.11 Å². The van der Waals surface area contributed by atoms with Crippen LogP contribution in [0.2, 0.25) is 0 Å². The third-order valence-corrected chi connectivity index (χ3v) is 6.60. The number of nitrogens with zero attached hydrogens (tertiary/aromatic N) is 3. The van der Waals surface area contributed by atoms with E-state index in [0.29, 0.717) is 25.2 Å². The summed E-state index contributed by atoms with van der Waals surface area (Å²) in [7, 11) is 0.